The van der Waals surface area contributed by atoms with Gasteiger partial charge in [-0.2, -0.15) is 0 Å². The second-order valence-electron chi connectivity index (χ2n) is 2.44. The number of nitrogens with zero attached hydrogens (tertiary/aromatic N) is 1. The molecule has 1 aliphatic rings. The van der Waals surface area contributed by atoms with Gasteiger partial charge in [0, 0.05) is 6.42 Å². The van der Waals surface area contributed by atoms with Crippen LogP contribution in [0.25, 0.3) is 0 Å². The summed E-state index contributed by atoms with van der Waals surface area (Å²) in [5.74, 6) is -0.0833. The number of ether oxygens (including phenoxy) is 1. The van der Waals surface area contributed by atoms with Crippen molar-refractivity contribution in [2.24, 2.45) is 0 Å². The van der Waals surface area contributed by atoms with E-state index in [-0.39, 0.29) is 12.0 Å². The van der Waals surface area contributed by atoms with Gasteiger partial charge >= 0.3 is 5.97 Å². The van der Waals surface area contributed by atoms with Gasteiger partial charge < -0.3 is 4.74 Å². The molecule has 0 unspecified atom stereocenters. The minimum Gasteiger partial charge on any atom is -0.464 e. The second kappa shape index (κ2) is 2.35. The molecule has 1 heterocycles. The fourth-order valence-electron chi connectivity index (χ4n) is 0.954. The van der Waals surface area contributed by atoms with Gasteiger partial charge in [0.25, 0.3) is 0 Å². The third-order valence-corrected chi connectivity index (χ3v) is 1.53. The highest BCUT2D eigenvalue weighted by molar-refractivity contribution is 5.77. The lowest BCUT2D eigenvalue weighted by Crippen LogP contribution is -2.31. The smallest absolute Gasteiger partial charge is 0.323 e. The third-order valence-electron chi connectivity index (χ3n) is 1.53. The highest BCUT2D eigenvalue weighted by Gasteiger charge is 2.27. The lowest BCUT2D eigenvalue weighted by atomic mass is 10.2. The zero-order valence-electron chi connectivity index (χ0n) is 5.76. The predicted octanol–water partition coefficient (Wildman–Crippen LogP) is -0.137. The minimum absolute atomic E-state index is 0.00463. The number of hydrogen-bond donors (Lipinski definition) is 0. The summed E-state index contributed by atoms with van der Waals surface area (Å²) in [6, 6.07) is 0.00463. The summed E-state index contributed by atoms with van der Waals surface area (Å²) in [7, 11) is 3.77. The van der Waals surface area contributed by atoms with Crippen molar-refractivity contribution >= 4 is 5.97 Å². The number of carbonyl (C=O) groups excluding carboxylic acids is 1. The van der Waals surface area contributed by atoms with Crippen LogP contribution in [0.3, 0.4) is 0 Å². The van der Waals surface area contributed by atoms with Gasteiger partial charge in [-0.3, -0.25) is 9.69 Å². The number of rotatable bonds is 1. The summed E-state index contributed by atoms with van der Waals surface area (Å²) in [5, 5.41) is 0. The van der Waals surface area contributed by atoms with Gasteiger partial charge in [-0.05, 0) is 14.1 Å². The topological polar surface area (TPSA) is 29.5 Å². The fourth-order valence-corrected chi connectivity index (χ4v) is 0.954. The van der Waals surface area contributed by atoms with Crippen LogP contribution in [0, 0.1) is 0 Å². The van der Waals surface area contributed by atoms with E-state index in [2.05, 4.69) is 0 Å². The van der Waals surface area contributed by atoms with E-state index >= 15 is 0 Å². The summed E-state index contributed by atoms with van der Waals surface area (Å²) < 4.78 is 4.75. The van der Waals surface area contributed by atoms with Gasteiger partial charge in [0.1, 0.15) is 6.04 Å². The summed E-state index contributed by atoms with van der Waals surface area (Å²) >= 11 is 0. The van der Waals surface area contributed by atoms with Gasteiger partial charge in [-0.15, -0.1) is 0 Å². The largest absolute Gasteiger partial charge is 0.464 e. The maximum atomic E-state index is 10.8. The average molecular weight is 129 g/mol. The Morgan fingerprint density at radius 2 is 2.33 bits per heavy atom. The van der Waals surface area contributed by atoms with Gasteiger partial charge in [0.05, 0.1) is 6.61 Å². The van der Waals surface area contributed by atoms with Crippen molar-refractivity contribution in [1.29, 1.82) is 0 Å². The Morgan fingerprint density at radius 1 is 1.67 bits per heavy atom. The fraction of sp³-hybridized carbons (Fsp3) is 0.833. The first kappa shape index (κ1) is 6.55. The Hall–Kier alpha value is -0.570. The van der Waals surface area contributed by atoms with Crippen LogP contribution in [-0.4, -0.2) is 37.6 Å². The molecule has 0 aromatic rings. The van der Waals surface area contributed by atoms with Gasteiger partial charge in [-0.1, -0.05) is 0 Å². The molecule has 0 spiro atoms. The standard InChI is InChI=1S/C6H11NO2/c1-7(2)5-3-4-9-6(5)8/h5H,3-4H2,1-2H3/t5-/m0/s1. The molecular weight excluding hydrogens is 118 g/mol. The van der Waals surface area contributed by atoms with Gasteiger partial charge in [0.2, 0.25) is 0 Å². The highest BCUT2D eigenvalue weighted by atomic mass is 16.5. The third kappa shape index (κ3) is 1.21. The van der Waals surface area contributed by atoms with Crippen molar-refractivity contribution in [3.8, 4) is 0 Å². The monoisotopic (exact) mass is 129 g/mol. The Morgan fingerprint density at radius 3 is 2.56 bits per heavy atom. The molecule has 0 amide bonds. The van der Waals surface area contributed by atoms with Crippen molar-refractivity contribution in [1.82, 2.24) is 4.90 Å². The minimum atomic E-state index is -0.0833. The molecule has 0 aromatic heterocycles. The number of hydrogen-bond acceptors (Lipinski definition) is 3. The molecule has 0 aliphatic carbocycles. The summed E-state index contributed by atoms with van der Waals surface area (Å²) in [6.07, 6.45) is 0.839. The molecule has 3 nitrogen and oxygen atoms in total. The Kier molecular flexibility index (Phi) is 1.71. The molecule has 1 aliphatic heterocycles. The Balaban J connectivity index is 2.49. The summed E-state index contributed by atoms with van der Waals surface area (Å²) in [4.78, 5) is 12.6. The SMILES string of the molecule is CN(C)[C@H]1CCOC1=O. The van der Waals surface area contributed by atoms with Crippen LogP contribution in [0.15, 0.2) is 0 Å². The molecule has 0 saturated carbocycles. The zero-order chi connectivity index (χ0) is 6.85. The molecule has 1 saturated heterocycles. The Labute approximate surface area is 54.6 Å². The zero-order valence-corrected chi connectivity index (χ0v) is 5.76. The quantitative estimate of drug-likeness (QED) is 0.462. The van der Waals surface area contributed by atoms with E-state index in [1.165, 1.54) is 0 Å². The number of esters is 1. The molecule has 1 rings (SSSR count). The van der Waals surface area contributed by atoms with E-state index in [9.17, 15) is 4.79 Å². The van der Waals surface area contributed by atoms with Crippen LogP contribution >= 0.6 is 0 Å². The van der Waals surface area contributed by atoms with Crippen molar-refractivity contribution in [2.75, 3.05) is 20.7 Å². The average Bonchev–Trinajstić information content (AvgIpc) is 2.13. The molecule has 1 fully saturated rings. The van der Waals surface area contributed by atoms with E-state index in [4.69, 9.17) is 4.74 Å². The highest BCUT2D eigenvalue weighted by Crippen LogP contribution is 2.09. The van der Waals surface area contributed by atoms with E-state index in [1.807, 2.05) is 19.0 Å². The summed E-state index contributed by atoms with van der Waals surface area (Å²) in [6.45, 7) is 0.585. The van der Waals surface area contributed by atoms with Crippen LogP contribution in [0.1, 0.15) is 6.42 Å². The first-order valence-electron chi connectivity index (χ1n) is 3.05. The first-order valence-corrected chi connectivity index (χ1v) is 3.05. The predicted molar refractivity (Wildman–Crippen MR) is 33.1 cm³/mol. The van der Waals surface area contributed by atoms with Crippen LogP contribution < -0.4 is 0 Å². The molecule has 9 heavy (non-hydrogen) atoms. The molecular formula is C6H11NO2. The van der Waals surface area contributed by atoms with Crippen molar-refractivity contribution in [2.45, 2.75) is 12.5 Å². The van der Waals surface area contributed by atoms with Crippen LogP contribution in [0.5, 0.6) is 0 Å². The molecule has 0 N–H and O–H groups in total. The maximum absolute atomic E-state index is 10.8. The molecule has 52 valence electrons. The van der Waals surface area contributed by atoms with Crippen molar-refractivity contribution in [3.05, 3.63) is 0 Å². The number of carbonyl (C=O) groups is 1. The van der Waals surface area contributed by atoms with Gasteiger partial charge in [-0.25, -0.2) is 0 Å². The van der Waals surface area contributed by atoms with Crippen molar-refractivity contribution in [3.63, 3.8) is 0 Å². The number of likely N-dealkylation sites (N-methyl/N-ethyl adjacent to an activating group) is 1. The van der Waals surface area contributed by atoms with E-state index < -0.39 is 0 Å². The molecule has 0 aromatic carbocycles. The maximum Gasteiger partial charge on any atom is 0.323 e. The lowest BCUT2D eigenvalue weighted by Gasteiger charge is -2.13. The molecule has 3 heteroatoms. The normalized spacial score (nSPS) is 27.0. The lowest BCUT2D eigenvalue weighted by molar-refractivity contribution is -0.141. The number of cyclic esters (lactones) is 1. The molecule has 1 atom stereocenters. The first-order chi connectivity index (χ1) is 4.22. The van der Waals surface area contributed by atoms with E-state index in [0.29, 0.717) is 6.61 Å². The van der Waals surface area contributed by atoms with Crippen LogP contribution in [0.4, 0.5) is 0 Å². The van der Waals surface area contributed by atoms with Crippen LogP contribution in [-0.2, 0) is 9.53 Å². The second-order valence-corrected chi connectivity index (χ2v) is 2.44. The van der Waals surface area contributed by atoms with Gasteiger partial charge in [0.15, 0.2) is 0 Å². The van der Waals surface area contributed by atoms with E-state index in [0.717, 1.165) is 6.42 Å². The Bertz CT molecular complexity index is 122. The van der Waals surface area contributed by atoms with E-state index in [1.54, 1.807) is 0 Å². The van der Waals surface area contributed by atoms with Crippen LogP contribution in [0.2, 0.25) is 0 Å². The van der Waals surface area contributed by atoms with Crippen molar-refractivity contribution < 1.29 is 9.53 Å². The molecule has 0 bridgehead atoms. The molecule has 0 radical (unpaired) electrons. The summed E-state index contributed by atoms with van der Waals surface area (Å²) in [5.41, 5.74) is 0.